The lowest BCUT2D eigenvalue weighted by molar-refractivity contribution is 0.633. The van der Waals surface area contributed by atoms with E-state index in [2.05, 4.69) is 15.1 Å². The van der Waals surface area contributed by atoms with Crippen molar-refractivity contribution in [3.8, 4) is 0 Å². The van der Waals surface area contributed by atoms with E-state index >= 15 is 0 Å². The molecule has 7 nitrogen and oxygen atoms in total. The van der Waals surface area contributed by atoms with Gasteiger partial charge < -0.3 is 11.5 Å². The average Bonchev–Trinajstić information content (AvgIpc) is 2.60. The Bertz CT molecular complexity index is 365. The van der Waals surface area contributed by atoms with Crippen LogP contribution in [-0.2, 0) is 12.3 Å². The average molecular weight is 227 g/mol. The quantitative estimate of drug-likeness (QED) is 0.485. The summed E-state index contributed by atoms with van der Waals surface area (Å²) >= 11 is 1.20. The molecule has 0 saturated heterocycles. The van der Waals surface area contributed by atoms with Crippen LogP contribution in [0.1, 0.15) is 12.7 Å². The third kappa shape index (κ3) is 3.58. The number of nitrogens with two attached hydrogens (primary N) is 2. The van der Waals surface area contributed by atoms with Crippen molar-refractivity contribution in [3.63, 3.8) is 0 Å². The molecule has 1 aromatic rings. The van der Waals surface area contributed by atoms with Crippen molar-refractivity contribution in [2.45, 2.75) is 19.2 Å². The molecule has 5 N–H and O–H groups in total. The summed E-state index contributed by atoms with van der Waals surface area (Å²) in [6, 6.07) is 0. The number of rotatable bonds is 3. The molecule has 1 rings (SSSR count). The van der Waals surface area contributed by atoms with Crippen molar-refractivity contribution in [3.05, 3.63) is 12.2 Å². The highest BCUT2D eigenvalue weighted by atomic mass is 32.2. The highest BCUT2D eigenvalue weighted by Gasteiger charge is 2.04. The molecule has 15 heavy (non-hydrogen) atoms. The number of aryl methyl sites for hydroxylation is 1. The Balaban J connectivity index is 2.50. The zero-order valence-corrected chi connectivity index (χ0v) is 9.16. The Morgan fingerprint density at radius 2 is 2.40 bits per heavy atom. The van der Waals surface area contributed by atoms with Crippen LogP contribution in [0.3, 0.4) is 0 Å². The second kappa shape index (κ2) is 5.35. The SMILES string of the molecule is CCn1ncnc1CSC(=N)N=C(N)N. The van der Waals surface area contributed by atoms with Crippen LogP contribution in [0.4, 0.5) is 0 Å². The van der Waals surface area contributed by atoms with Crippen LogP contribution >= 0.6 is 11.8 Å². The predicted molar refractivity (Wildman–Crippen MR) is 60.5 cm³/mol. The van der Waals surface area contributed by atoms with Gasteiger partial charge in [-0.25, -0.2) is 9.67 Å². The maximum atomic E-state index is 7.41. The number of nitrogens with one attached hydrogen (secondary N) is 1. The molecular weight excluding hydrogens is 214 g/mol. The Morgan fingerprint density at radius 1 is 1.67 bits per heavy atom. The molecule has 0 radical (unpaired) electrons. The standard InChI is InChI=1S/C7H13N7S/c1-2-14-5(11-4-12-14)3-15-7(10)13-6(8)9/h4H,2-3H2,1H3,(H5,8,9,10,13). The second-order valence-electron chi connectivity index (χ2n) is 2.62. The van der Waals surface area contributed by atoms with Crippen LogP contribution in [-0.4, -0.2) is 25.9 Å². The third-order valence-electron chi connectivity index (χ3n) is 1.56. The molecule has 0 fully saturated rings. The number of hydrogen-bond acceptors (Lipinski definition) is 4. The molecule has 0 saturated carbocycles. The second-order valence-corrected chi connectivity index (χ2v) is 3.59. The molecule has 0 atom stereocenters. The highest BCUT2D eigenvalue weighted by Crippen LogP contribution is 2.11. The van der Waals surface area contributed by atoms with Crippen molar-refractivity contribution in [2.24, 2.45) is 16.5 Å². The smallest absolute Gasteiger partial charge is 0.193 e. The van der Waals surface area contributed by atoms with E-state index in [1.165, 1.54) is 18.1 Å². The van der Waals surface area contributed by atoms with Crippen molar-refractivity contribution >= 4 is 22.9 Å². The minimum Gasteiger partial charge on any atom is -0.370 e. The van der Waals surface area contributed by atoms with E-state index in [9.17, 15) is 0 Å². The summed E-state index contributed by atoms with van der Waals surface area (Å²) in [5.41, 5.74) is 10.3. The van der Waals surface area contributed by atoms with E-state index in [1.54, 1.807) is 4.68 Å². The first-order valence-electron chi connectivity index (χ1n) is 4.31. The number of aliphatic imine (C=N–C) groups is 1. The van der Waals surface area contributed by atoms with E-state index in [1.807, 2.05) is 6.92 Å². The van der Waals surface area contributed by atoms with Crippen LogP contribution in [0.15, 0.2) is 11.3 Å². The molecule has 0 unspecified atom stereocenters. The molecule has 1 heterocycles. The van der Waals surface area contributed by atoms with Gasteiger partial charge in [-0.2, -0.15) is 10.1 Å². The van der Waals surface area contributed by atoms with Crippen molar-refractivity contribution in [2.75, 3.05) is 0 Å². The van der Waals surface area contributed by atoms with E-state index < -0.39 is 0 Å². The van der Waals surface area contributed by atoms with Gasteiger partial charge in [-0.15, -0.1) is 0 Å². The molecule has 0 amide bonds. The molecule has 0 aromatic carbocycles. The molecule has 8 heteroatoms. The van der Waals surface area contributed by atoms with Gasteiger partial charge in [0.05, 0.1) is 5.75 Å². The minimum absolute atomic E-state index is 0.0700. The van der Waals surface area contributed by atoms with Crippen LogP contribution in [0, 0.1) is 5.41 Å². The van der Waals surface area contributed by atoms with Gasteiger partial charge >= 0.3 is 0 Å². The summed E-state index contributed by atoms with van der Waals surface area (Å²) in [7, 11) is 0. The number of guanidine groups is 1. The molecular formula is C7H13N7S. The van der Waals surface area contributed by atoms with Crippen LogP contribution < -0.4 is 11.5 Å². The Labute approximate surface area is 91.5 Å². The first-order chi connectivity index (χ1) is 7.13. The van der Waals surface area contributed by atoms with E-state index in [-0.39, 0.29) is 11.1 Å². The normalized spacial score (nSPS) is 9.93. The molecule has 1 aromatic heterocycles. The Kier molecular flexibility index (Phi) is 4.10. The van der Waals surface area contributed by atoms with Gasteiger partial charge in [-0.3, -0.25) is 5.41 Å². The van der Waals surface area contributed by atoms with E-state index in [0.29, 0.717) is 5.75 Å². The summed E-state index contributed by atoms with van der Waals surface area (Å²) in [4.78, 5) is 7.65. The number of amidine groups is 1. The number of hydrogen-bond donors (Lipinski definition) is 3. The Hall–Kier alpha value is -1.57. The fourth-order valence-corrected chi connectivity index (χ4v) is 1.61. The lowest BCUT2D eigenvalue weighted by Crippen LogP contribution is -2.23. The van der Waals surface area contributed by atoms with Gasteiger partial charge in [-0.05, 0) is 6.92 Å². The van der Waals surface area contributed by atoms with E-state index in [0.717, 1.165) is 12.4 Å². The first-order valence-corrected chi connectivity index (χ1v) is 5.29. The van der Waals surface area contributed by atoms with E-state index in [4.69, 9.17) is 16.9 Å². The van der Waals surface area contributed by atoms with Crippen LogP contribution in [0.5, 0.6) is 0 Å². The fraction of sp³-hybridized carbons (Fsp3) is 0.429. The number of thioether (sulfide) groups is 1. The predicted octanol–water partition coefficient (Wildman–Crippen LogP) is -0.261. The summed E-state index contributed by atoms with van der Waals surface area (Å²) in [6.07, 6.45) is 1.49. The molecule has 82 valence electrons. The summed E-state index contributed by atoms with van der Waals surface area (Å²) in [5, 5.41) is 11.5. The highest BCUT2D eigenvalue weighted by molar-refractivity contribution is 8.13. The first kappa shape index (κ1) is 11.5. The largest absolute Gasteiger partial charge is 0.370 e. The summed E-state index contributed by atoms with van der Waals surface area (Å²) < 4.78 is 1.76. The zero-order chi connectivity index (χ0) is 11.3. The minimum atomic E-state index is -0.107. The van der Waals surface area contributed by atoms with Crippen molar-refractivity contribution < 1.29 is 0 Å². The lowest BCUT2D eigenvalue weighted by atomic mass is 10.6. The maximum absolute atomic E-state index is 7.41. The zero-order valence-electron chi connectivity index (χ0n) is 8.34. The van der Waals surface area contributed by atoms with Gasteiger partial charge in [0, 0.05) is 6.54 Å². The number of aromatic nitrogens is 3. The van der Waals surface area contributed by atoms with Gasteiger partial charge in [0.2, 0.25) is 0 Å². The lowest BCUT2D eigenvalue weighted by Gasteiger charge is -2.01. The maximum Gasteiger partial charge on any atom is 0.193 e. The summed E-state index contributed by atoms with van der Waals surface area (Å²) in [6.45, 7) is 2.73. The monoisotopic (exact) mass is 227 g/mol. The molecule has 0 aliphatic heterocycles. The summed E-state index contributed by atoms with van der Waals surface area (Å²) in [5.74, 6) is 1.23. The van der Waals surface area contributed by atoms with Gasteiger partial charge in [0.25, 0.3) is 0 Å². The van der Waals surface area contributed by atoms with Gasteiger partial charge in [-0.1, -0.05) is 11.8 Å². The van der Waals surface area contributed by atoms with Gasteiger partial charge in [0.15, 0.2) is 11.1 Å². The van der Waals surface area contributed by atoms with Crippen molar-refractivity contribution in [1.82, 2.24) is 14.8 Å². The fourth-order valence-electron chi connectivity index (χ4n) is 0.946. The molecule has 0 bridgehead atoms. The Morgan fingerprint density at radius 3 is 3.00 bits per heavy atom. The third-order valence-corrected chi connectivity index (χ3v) is 2.33. The van der Waals surface area contributed by atoms with Gasteiger partial charge in [0.1, 0.15) is 12.2 Å². The molecule has 0 aliphatic rings. The topological polar surface area (TPSA) is 119 Å². The van der Waals surface area contributed by atoms with Crippen LogP contribution in [0.2, 0.25) is 0 Å². The van der Waals surface area contributed by atoms with Crippen LogP contribution in [0.25, 0.3) is 0 Å². The number of nitrogens with zero attached hydrogens (tertiary/aromatic N) is 4. The van der Waals surface area contributed by atoms with Crippen molar-refractivity contribution in [1.29, 1.82) is 5.41 Å². The molecule has 0 aliphatic carbocycles. The molecule has 0 spiro atoms.